The number of nitriles is 1. The van der Waals surface area contributed by atoms with Gasteiger partial charge in [-0.2, -0.15) is 5.26 Å². The van der Waals surface area contributed by atoms with Gasteiger partial charge in [-0.3, -0.25) is 9.78 Å². The fourth-order valence-electron chi connectivity index (χ4n) is 3.93. The molecule has 4 aromatic heterocycles. The van der Waals surface area contributed by atoms with Crippen LogP contribution in [0.25, 0.3) is 22.2 Å². The first-order valence-corrected chi connectivity index (χ1v) is 12.4. The molecule has 7 nitrogen and oxygen atoms in total. The van der Waals surface area contributed by atoms with Crippen molar-refractivity contribution in [3.05, 3.63) is 103 Å². The zero-order chi connectivity index (χ0) is 25.2. The molecule has 0 amide bonds. The smallest absolute Gasteiger partial charge is 0.268 e. The molecule has 0 N–H and O–H groups in total. The van der Waals surface area contributed by atoms with E-state index in [1.807, 2.05) is 37.3 Å². The topological polar surface area (TPSA) is 93.7 Å². The molecule has 5 aromatic rings. The Balaban J connectivity index is 1.51. The van der Waals surface area contributed by atoms with E-state index < -0.39 is 5.56 Å². The van der Waals surface area contributed by atoms with Crippen molar-refractivity contribution in [2.45, 2.75) is 20.1 Å². The van der Waals surface area contributed by atoms with Gasteiger partial charge in [0.15, 0.2) is 0 Å². The summed E-state index contributed by atoms with van der Waals surface area (Å²) in [6, 6.07) is 14.4. The minimum Gasteiger partial charge on any atom is -0.486 e. The number of para-hydroxylation sites is 1. The van der Waals surface area contributed by atoms with Crippen molar-refractivity contribution in [1.82, 2.24) is 19.5 Å². The minimum atomic E-state index is -0.393. The van der Waals surface area contributed by atoms with E-state index in [1.165, 1.54) is 22.0 Å². The summed E-state index contributed by atoms with van der Waals surface area (Å²) in [7, 11) is 0. The molecule has 0 atom stereocenters. The maximum absolute atomic E-state index is 12.5. The molecule has 0 fully saturated rings. The molecule has 0 aliphatic carbocycles. The summed E-state index contributed by atoms with van der Waals surface area (Å²) in [4.78, 5) is 26.1. The third kappa shape index (κ3) is 4.56. The molecule has 10 heteroatoms. The summed E-state index contributed by atoms with van der Waals surface area (Å²) >= 11 is 14.3. The maximum atomic E-state index is 12.5. The number of nitrogens with zero attached hydrogens (tertiary/aromatic N) is 5. The van der Waals surface area contributed by atoms with Crippen molar-refractivity contribution in [2.24, 2.45) is 0 Å². The number of halogens is 2. The monoisotopic (exact) mass is 533 g/mol. The molecule has 0 aliphatic rings. The summed E-state index contributed by atoms with van der Waals surface area (Å²) in [5, 5.41) is 10.5. The lowest BCUT2D eigenvalue weighted by Crippen LogP contribution is -2.23. The highest BCUT2D eigenvalue weighted by Gasteiger charge is 2.17. The molecule has 0 unspecified atom stereocenters. The van der Waals surface area contributed by atoms with E-state index in [1.54, 1.807) is 30.0 Å². The lowest BCUT2D eigenvalue weighted by atomic mass is 10.0. The second-order valence-electron chi connectivity index (χ2n) is 7.91. The highest BCUT2D eigenvalue weighted by atomic mass is 35.5. The van der Waals surface area contributed by atoms with Gasteiger partial charge in [0.05, 0.1) is 22.8 Å². The van der Waals surface area contributed by atoms with Gasteiger partial charge in [-0.1, -0.05) is 35.3 Å². The van der Waals surface area contributed by atoms with Crippen LogP contribution in [0, 0.1) is 18.3 Å². The summed E-state index contributed by atoms with van der Waals surface area (Å²) in [6.45, 7) is 2.16. The number of fused-ring (bicyclic) bond motifs is 1. The van der Waals surface area contributed by atoms with E-state index in [0.29, 0.717) is 37.6 Å². The van der Waals surface area contributed by atoms with Gasteiger partial charge < -0.3 is 9.30 Å². The molecule has 5 rings (SSSR count). The number of thiazole rings is 1. The van der Waals surface area contributed by atoms with Gasteiger partial charge in [0.2, 0.25) is 0 Å². The number of benzene rings is 1. The standard InChI is InChI=1S/C26H17Cl2N5O2S/c1-15-10-18(24-25(28)36-14-31-24)17-5-2-6-22(23(17)32-15)35-13-19-20(27)7-8-30-21(19)12-33-9-3-4-16(11-29)26(33)34/h2-10,14H,12-13H2,1H3. The summed E-state index contributed by atoms with van der Waals surface area (Å²) in [5.74, 6) is 0.568. The molecule has 0 bridgehead atoms. The predicted octanol–water partition coefficient (Wildman–Crippen LogP) is 6.03. The van der Waals surface area contributed by atoms with Gasteiger partial charge >= 0.3 is 0 Å². The molecule has 0 radical (unpaired) electrons. The lowest BCUT2D eigenvalue weighted by molar-refractivity contribution is 0.307. The number of pyridine rings is 3. The molecule has 4 heterocycles. The van der Waals surface area contributed by atoms with Crippen LogP contribution in [-0.2, 0) is 13.2 Å². The van der Waals surface area contributed by atoms with Crippen molar-refractivity contribution in [3.63, 3.8) is 0 Å². The van der Waals surface area contributed by atoms with Gasteiger partial charge in [0, 0.05) is 34.6 Å². The molecule has 0 saturated heterocycles. The van der Waals surface area contributed by atoms with Crippen LogP contribution in [0.15, 0.2) is 65.2 Å². The number of rotatable bonds is 6. The van der Waals surface area contributed by atoms with E-state index in [9.17, 15) is 10.1 Å². The average molecular weight is 534 g/mol. The third-order valence-corrected chi connectivity index (χ3v) is 7.04. The summed E-state index contributed by atoms with van der Waals surface area (Å²) < 4.78 is 8.25. The van der Waals surface area contributed by atoms with Crippen molar-refractivity contribution >= 4 is 45.4 Å². The normalized spacial score (nSPS) is 10.9. The molecular formula is C26H17Cl2N5O2S. The Labute approximate surface area is 220 Å². The van der Waals surface area contributed by atoms with E-state index in [-0.39, 0.29) is 18.7 Å². The predicted molar refractivity (Wildman–Crippen MR) is 141 cm³/mol. The Bertz CT molecular complexity index is 1710. The van der Waals surface area contributed by atoms with Crippen LogP contribution >= 0.6 is 34.5 Å². The number of ether oxygens (including phenoxy) is 1. The van der Waals surface area contributed by atoms with E-state index in [4.69, 9.17) is 32.9 Å². The average Bonchev–Trinajstić information content (AvgIpc) is 3.30. The van der Waals surface area contributed by atoms with Crippen LogP contribution in [0.3, 0.4) is 0 Å². The van der Waals surface area contributed by atoms with Crippen LogP contribution in [0.2, 0.25) is 9.36 Å². The molecule has 36 heavy (non-hydrogen) atoms. The zero-order valence-corrected chi connectivity index (χ0v) is 21.2. The van der Waals surface area contributed by atoms with Gasteiger partial charge in [0.1, 0.15) is 39.5 Å². The van der Waals surface area contributed by atoms with Crippen LogP contribution < -0.4 is 10.3 Å². The van der Waals surface area contributed by atoms with Crippen LogP contribution in [0.5, 0.6) is 5.75 Å². The molecule has 0 aliphatic heterocycles. The van der Waals surface area contributed by atoms with Gasteiger partial charge in [-0.15, -0.1) is 11.3 Å². The highest BCUT2D eigenvalue weighted by Crippen LogP contribution is 2.37. The lowest BCUT2D eigenvalue weighted by Gasteiger charge is -2.15. The largest absolute Gasteiger partial charge is 0.486 e. The SMILES string of the molecule is Cc1cc(-c2ncsc2Cl)c2cccc(OCc3c(Cl)ccnc3Cn3cccc(C#N)c3=O)c2n1. The first kappa shape index (κ1) is 23.9. The Kier molecular flexibility index (Phi) is 6.70. The zero-order valence-electron chi connectivity index (χ0n) is 18.9. The minimum absolute atomic E-state index is 0.0607. The van der Waals surface area contributed by atoms with Gasteiger partial charge in [-0.25, -0.2) is 9.97 Å². The van der Waals surface area contributed by atoms with E-state index in [2.05, 4.69) is 9.97 Å². The number of hydrogen-bond donors (Lipinski definition) is 0. The molecule has 0 spiro atoms. The fraction of sp³-hybridized carbons (Fsp3) is 0.115. The van der Waals surface area contributed by atoms with Gasteiger partial charge in [-0.05, 0) is 37.3 Å². The van der Waals surface area contributed by atoms with Gasteiger partial charge in [0.25, 0.3) is 5.56 Å². The maximum Gasteiger partial charge on any atom is 0.268 e. The number of hydrogen-bond acceptors (Lipinski definition) is 7. The third-order valence-electron chi connectivity index (χ3n) is 5.63. The van der Waals surface area contributed by atoms with Crippen molar-refractivity contribution in [2.75, 3.05) is 0 Å². The van der Waals surface area contributed by atoms with Crippen LogP contribution in [0.4, 0.5) is 0 Å². The van der Waals surface area contributed by atoms with Crippen LogP contribution in [-0.4, -0.2) is 19.5 Å². The van der Waals surface area contributed by atoms with Crippen molar-refractivity contribution in [3.8, 4) is 23.1 Å². The van der Waals surface area contributed by atoms with E-state index >= 15 is 0 Å². The number of aromatic nitrogens is 4. The van der Waals surface area contributed by atoms with E-state index in [0.717, 1.165) is 16.6 Å². The fourth-order valence-corrected chi connectivity index (χ4v) is 4.94. The Morgan fingerprint density at radius 1 is 1.17 bits per heavy atom. The Hall–Kier alpha value is -3.77. The molecule has 178 valence electrons. The van der Waals surface area contributed by atoms with Crippen LogP contribution in [0.1, 0.15) is 22.5 Å². The molecule has 0 saturated carbocycles. The summed E-state index contributed by atoms with van der Waals surface area (Å²) in [6.07, 6.45) is 3.19. The van der Waals surface area contributed by atoms with Crippen molar-refractivity contribution in [1.29, 1.82) is 5.26 Å². The quantitative estimate of drug-likeness (QED) is 0.264. The first-order valence-electron chi connectivity index (χ1n) is 10.8. The Morgan fingerprint density at radius 3 is 2.81 bits per heavy atom. The molecule has 1 aromatic carbocycles. The number of aryl methyl sites for hydroxylation is 1. The van der Waals surface area contributed by atoms with Crippen molar-refractivity contribution < 1.29 is 4.74 Å². The highest BCUT2D eigenvalue weighted by molar-refractivity contribution is 7.14. The summed E-state index contributed by atoms with van der Waals surface area (Å²) in [5.41, 5.74) is 5.65. The Morgan fingerprint density at radius 2 is 2.03 bits per heavy atom. The first-order chi connectivity index (χ1) is 17.5. The second kappa shape index (κ2) is 10.1. The molecular weight excluding hydrogens is 517 g/mol. The second-order valence-corrected chi connectivity index (χ2v) is 9.78.